The van der Waals surface area contributed by atoms with Crippen LogP contribution in [0.2, 0.25) is 0 Å². The molecule has 5 nitrogen and oxygen atoms in total. The summed E-state index contributed by atoms with van der Waals surface area (Å²) in [6.07, 6.45) is 0. The Morgan fingerprint density at radius 1 is 1.04 bits per heavy atom. The maximum atomic E-state index is 12.9. The van der Waals surface area contributed by atoms with Gasteiger partial charge in [0.05, 0.1) is 10.6 Å². The van der Waals surface area contributed by atoms with Crippen molar-refractivity contribution in [1.29, 1.82) is 0 Å². The molecule has 0 aliphatic carbocycles. The number of nitrogens with one attached hydrogen (secondary N) is 1. The zero-order valence-electron chi connectivity index (χ0n) is 13.3. The largest absolute Gasteiger partial charge is 0.507 e. The third kappa shape index (κ3) is 3.46. The molecule has 0 saturated heterocycles. The van der Waals surface area contributed by atoms with Gasteiger partial charge in [0.1, 0.15) is 11.6 Å². The maximum absolute atomic E-state index is 12.9. The topological polar surface area (TPSA) is 78.8 Å². The van der Waals surface area contributed by atoms with Gasteiger partial charge in [-0.1, -0.05) is 30.3 Å². The van der Waals surface area contributed by atoms with Crippen LogP contribution in [0.15, 0.2) is 70.7 Å². The quantitative estimate of drug-likeness (QED) is 0.554. The van der Waals surface area contributed by atoms with Crippen LogP contribution >= 0.6 is 0 Å². The third-order valence-electron chi connectivity index (χ3n) is 3.75. The van der Waals surface area contributed by atoms with Crippen LogP contribution in [0, 0.1) is 5.82 Å². The van der Waals surface area contributed by atoms with E-state index in [-0.39, 0.29) is 10.6 Å². The number of aromatic hydroxyl groups is 1. The molecule has 0 aliphatic rings. The van der Waals surface area contributed by atoms with Crippen molar-refractivity contribution in [2.24, 2.45) is 5.10 Å². The molecule has 3 aromatic rings. The van der Waals surface area contributed by atoms with E-state index < -0.39 is 15.8 Å². The number of phenols is 1. The van der Waals surface area contributed by atoms with Crippen LogP contribution in [0.3, 0.4) is 0 Å². The number of fused-ring (bicyclic) bond motifs is 1. The minimum atomic E-state index is -3.92. The molecule has 0 amide bonds. The third-order valence-corrected chi connectivity index (χ3v) is 4.97. The molecule has 0 spiro atoms. The van der Waals surface area contributed by atoms with Crippen molar-refractivity contribution in [3.63, 3.8) is 0 Å². The molecular formula is C18H15FN2O3S. The van der Waals surface area contributed by atoms with E-state index in [1.165, 1.54) is 0 Å². The monoisotopic (exact) mass is 358 g/mol. The molecule has 0 saturated carbocycles. The van der Waals surface area contributed by atoms with E-state index in [4.69, 9.17) is 0 Å². The molecule has 7 heteroatoms. The van der Waals surface area contributed by atoms with Gasteiger partial charge in [0.15, 0.2) is 0 Å². The van der Waals surface area contributed by atoms with Gasteiger partial charge in [-0.2, -0.15) is 18.4 Å². The first-order valence-electron chi connectivity index (χ1n) is 7.41. The Balaban J connectivity index is 1.91. The lowest BCUT2D eigenvalue weighted by molar-refractivity contribution is 0.480. The van der Waals surface area contributed by atoms with Crippen molar-refractivity contribution in [2.75, 3.05) is 0 Å². The highest BCUT2D eigenvalue weighted by Gasteiger charge is 2.14. The number of halogens is 1. The Morgan fingerprint density at radius 2 is 1.72 bits per heavy atom. The van der Waals surface area contributed by atoms with Gasteiger partial charge >= 0.3 is 0 Å². The predicted octanol–water partition coefficient (Wildman–Crippen LogP) is 3.39. The van der Waals surface area contributed by atoms with E-state index in [2.05, 4.69) is 9.93 Å². The number of phenolic OH excluding ortho intramolecular Hbond substituents is 1. The molecular weight excluding hydrogens is 343 g/mol. The summed E-state index contributed by atoms with van der Waals surface area (Å²) in [5.41, 5.74) is 0.717. The lowest BCUT2D eigenvalue weighted by Crippen LogP contribution is -2.20. The number of benzene rings is 3. The molecule has 0 radical (unpaired) electrons. The minimum Gasteiger partial charge on any atom is -0.507 e. The van der Waals surface area contributed by atoms with Crippen LogP contribution in [-0.2, 0) is 10.0 Å². The molecule has 128 valence electrons. The molecule has 0 bridgehead atoms. The fourth-order valence-electron chi connectivity index (χ4n) is 2.40. The second-order valence-electron chi connectivity index (χ2n) is 5.43. The van der Waals surface area contributed by atoms with E-state index in [1.807, 2.05) is 18.2 Å². The van der Waals surface area contributed by atoms with Gasteiger partial charge in [0, 0.05) is 10.9 Å². The Labute approximate surface area is 144 Å². The molecule has 3 rings (SSSR count). The Hall–Kier alpha value is -2.93. The van der Waals surface area contributed by atoms with Crippen LogP contribution in [0.1, 0.15) is 12.5 Å². The first kappa shape index (κ1) is 16.9. The molecule has 0 aliphatic heterocycles. The number of sulfonamides is 1. The van der Waals surface area contributed by atoms with E-state index in [1.54, 1.807) is 25.1 Å². The summed E-state index contributed by atoms with van der Waals surface area (Å²) in [4.78, 5) is 1.99. The SMILES string of the molecule is CC(=NNS(=O)(=O)c1ccc(F)cc1)c1ccc2ccccc2c1O. The summed E-state index contributed by atoms with van der Waals surface area (Å²) in [6.45, 7) is 1.58. The van der Waals surface area contributed by atoms with Crippen LogP contribution in [0.5, 0.6) is 5.75 Å². The normalized spacial score (nSPS) is 12.3. The zero-order chi connectivity index (χ0) is 18.0. The van der Waals surface area contributed by atoms with Gasteiger partial charge in [-0.05, 0) is 42.6 Å². The summed E-state index contributed by atoms with van der Waals surface area (Å²) in [5, 5.41) is 15.8. The molecule has 0 fully saturated rings. The van der Waals surface area contributed by atoms with Crippen LogP contribution < -0.4 is 4.83 Å². The summed E-state index contributed by atoms with van der Waals surface area (Å²) >= 11 is 0. The molecule has 2 N–H and O–H groups in total. The number of hydrogen-bond acceptors (Lipinski definition) is 4. The minimum absolute atomic E-state index is 0.0281. The fraction of sp³-hybridized carbons (Fsp3) is 0.0556. The molecule has 25 heavy (non-hydrogen) atoms. The molecule has 3 aromatic carbocycles. The van der Waals surface area contributed by atoms with Crippen molar-refractivity contribution >= 4 is 26.5 Å². The summed E-state index contributed by atoms with van der Waals surface area (Å²) in [6, 6.07) is 15.2. The smallest absolute Gasteiger partial charge is 0.276 e. The predicted molar refractivity (Wildman–Crippen MR) is 94.5 cm³/mol. The zero-order valence-corrected chi connectivity index (χ0v) is 14.1. The fourth-order valence-corrected chi connectivity index (χ4v) is 3.26. The van der Waals surface area contributed by atoms with E-state index in [9.17, 15) is 17.9 Å². The van der Waals surface area contributed by atoms with Gasteiger partial charge in [0.25, 0.3) is 10.0 Å². The van der Waals surface area contributed by atoms with Crippen molar-refractivity contribution < 1.29 is 17.9 Å². The van der Waals surface area contributed by atoms with Gasteiger partial charge < -0.3 is 5.11 Å². The van der Waals surface area contributed by atoms with E-state index in [0.29, 0.717) is 16.7 Å². The second kappa shape index (κ2) is 6.52. The Kier molecular flexibility index (Phi) is 4.41. The average molecular weight is 358 g/mol. The molecule has 0 unspecified atom stereocenters. The standard InChI is InChI=1S/C18H15FN2O3S/c1-12(16-11-6-13-4-2-3-5-17(13)18(16)22)20-21-25(23,24)15-9-7-14(19)8-10-15/h2-11,21-22H,1H3. The lowest BCUT2D eigenvalue weighted by Gasteiger charge is -2.09. The van der Waals surface area contributed by atoms with Crippen molar-refractivity contribution in [3.05, 3.63) is 72.0 Å². The van der Waals surface area contributed by atoms with Crippen molar-refractivity contribution in [3.8, 4) is 5.75 Å². The lowest BCUT2D eigenvalue weighted by atomic mass is 10.0. The number of hydrazone groups is 1. The average Bonchev–Trinajstić information content (AvgIpc) is 2.61. The highest BCUT2D eigenvalue weighted by atomic mass is 32.2. The van der Waals surface area contributed by atoms with Gasteiger partial charge in [0.2, 0.25) is 0 Å². The number of rotatable bonds is 4. The number of hydrogen-bond donors (Lipinski definition) is 2. The van der Waals surface area contributed by atoms with Gasteiger partial charge in [-0.15, -0.1) is 0 Å². The highest BCUT2D eigenvalue weighted by Crippen LogP contribution is 2.28. The Bertz CT molecular complexity index is 1060. The molecule has 0 atom stereocenters. The maximum Gasteiger partial charge on any atom is 0.276 e. The van der Waals surface area contributed by atoms with Gasteiger partial charge in [-0.3, -0.25) is 0 Å². The van der Waals surface area contributed by atoms with E-state index >= 15 is 0 Å². The molecule has 0 heterocycles. The first-order valence-corrected chi connectivity index (χ1v) is 8.89. The summed E-state index contributed by atoms with van der Waals surface area (Å²) in [7, 11) is -3.92. The van der Waals surface area contributed by atoms with Gasteiger partial charge in [-0.25, -0.2) is 4.39 Å². The van der Waals surface area contributed by atoms with E-state index in [0.717, 1.165) is 29.7 Å². The number of nitrogens with zero attached hydrogens (tertiary/aromatic N) is 1. The van der Waals surface area contributed by atoms with Crippen molar-refractivity contribution in [2.45, 2.75) is 11.8 Å². The van der Waals surface area contributed by atoms with Crippen LogP contribution in [0.4, 0.5) is 4.39 Å². The van der Waals surface area contributed by atoms with Crippen LogP contribution in [0.25, 0.3) is 10.8 Å². The first-order chi connectivity index (χ1) is 11.9. The molecule has 0 aromatic heterocycles. The summed E-state index contributed by atoms with van der Waals surface area (Å²) < 4.78 is 37.3. The highest BCUT2D eigenvalue weighted by molar-refractivity contribution is 7.89. The summed E-state index contributed by atoms with van der Waals surface area (Å²) in [5.74, 6) is -0.500. The van der Waals surface area contributed by atoms with Crippen molar-refractivity contribution in [1.82, 2.24) is 4.83 Å². The second-order valence-corrected chi connectivity index (χ2v) is 7.09. The van der Waals surface area contributed by atoms with Crippen LogP contribution in [-0.4, -0.2) is 19.2 Å². The Morgan fingerprint density at radius 3 is 2.44 bits per heavy atom.